The Morgan fingerprint density at radius 3 is 2.86 bits per heavy atom. The Morgan fingerprint density at radius 2 is 2.14 bits per heavy atom. The second-order valence-electron chi connectivity index (χ2n) is 4.68. The van der Waals surface area contributed by atoms with Gasteiger partial charge >= 0.3 is 0 Å². The van der Waals surface area contributed by atoms with E-state index in [1.807, 2.05) is 6.20 Å². The van der Waals surface area contributed by atoms with Gasteiger partial charge < -0.3 is 0 Å². The molecule has 74 valence electrons. The molecule has 0 saturated heterocycles. The van der Waals surface area contributed by atoms with Crippen LogP contribution in [-0.4, -0.2) is 14.6 Å². The summed E-state index contributed by atoms with van der Waals surface area (Å²) in [5.74, 6) is 0. The van der Waals surface area contributed by atoms with E-state index in [4.69, 9.17) is 0 Å². The van der Waals surface area contributed by atoms with Crippen molar-refractivity contribution in [3.05, 3.63) is 17.8 Å². The fraction of sp³-hybridized carbons (Fsp3) is 0.500. The van der Waals surface area contributed by atoms with Gasteiger partial charge in [-0.25, -0.2) is 4.98 Å². The molecule has 0 aliphatic rings. The standard InChI is InChI=1S/C10H13N3S/c1-10(2,3)5-7-4-8-9(11-6-7)12-13-14-8/h4,6H,5H2,1-3H3. The molecule has 14 heavy (non-hydrogen) atoms. The molecule has 4 heteroatoms. The summed E-state index contributed by atoms with van der Waals surface area (Å²) in [7, 11) is 0. The van der Waals surface area contributed by atoms with E-state index in [9.17, 15) is 0 Å². The van der Waals surface area contributed by atoms with Crippen molar-refractivity contribution in [1.29, 1.82) is 0 Å². The summed E-state index contributed by atoms with van der Waals surface area (Å²) in [6, 6.07) is 2.14. The van der Waals surface area contributed by atoms with Crippen LogP contribution in [0.1, 0.15) is 26.3 Å². The molecule has 2 aromatic rings. The molecule has 2 rings (SSSR count). The van der Waals surface area contributed by atoms with Crippen LogP contribution in [0, 0.1) is 5.41 Å². The van der Waals surface area contributed by atoms with Gasteiger partial charge in [-0.2, -0.15) is 0 Å². The first-order valence-corrected chi connectivity index (χ1v) is 5.39. The smallest absolute Gasteiger partial charge is 0.194 e. The van der Waals surface area contributed by atoms with E-state index in [1.165, 1.54) is 17.1 Å². The summed E-state index contributed by atoms with van der Waals surface area (Å²) >= 11 is 1.40. The fourth-order valence-electron chi connectivity index (χ4n) is 1.43. The zero-order chi connectivity index (χ0) is 10.2. The maximum Gasteiger partial charge on any atom is 0.194 e. The molecular formula is C10H13N3S. The quantitative estimate of drug-likeness (QED) is 0.721. The maximum atomic E-state index is 4.26. The minimum absolute atomic E-state index is 0.299. The number of nitrogens with zero attached hydrogens (tertiary/aromatic N) is 3. The lowest BCUT2D eigenvalue weighted by Gasteiger charge is -2.17. The molecule has 0 saturated carbocycles. The highest BCUT2D eigenvalue weighted by Crippen LogP contribution is 2.22. The number of hydrogen-bond acceptors (Lipinski definition) is 4. The first-order valence-electron chi connectivity index (χ1n) is 4.62. The van der Waals surface area contributed by atoms with Crippen LogP contribution in [0.4, 0.5) is 0 Å². The Labute approximate surface area is 87.3 Å². The van der Waals surface area contributed by atoms with Gasteiger partial charge in [0.2, 0.25) is 0 Å². The molecule has 2 heterocycles. The number of hydrogen-bond donors (Lipinski definition) is 0. The normalized spacial score (nSPS) is 12.2. The SMILES string of the molecule is CC(C)(C)Cc1cnc2nnsc2c1. The Kier molecular flexibility index (Phi) is 2.23. The number of fused-ring (bicyclic) bond motifs is 1. The van der Waals surface area contributed by atoms with Crippen LogP contribution < -0.4 is 0 Å². The Balaban J connectivity index is 2.35. The van der Waals surface area contributed by atoms with Gasteiger partial charge in [-0.1, -0.05) is 25.3 Å². The van der Waals surface area contributed by atoms with Crippen molar-refractivity contribution in [2.75, 3.05) is 0 Å². The van der Waals surface area contributed by atoms with Crippen LogP contribution in [0.3, 0.4) is 0 Å². The van der Waals surface area contributed by atoms with Crippen LogP contribution in [0.25, 0.3) is 10.3 Å². The molecule has 0 atom stereocenters. The van der Waals surface area contributed by atoms with Crippen molar-refractivity contribution in [2.45, 2.75) is 27.2 Å². The average molecular weight is 207 g/mol. The molecule has 0 fully saturated rings. The number of aromatic nitrogens is 3. The Bertz CT molecular complexity index is 442. The molecule has 0 radical (unpaired) electrons. The molecule has 0 bridgehead atoms. The van der Waals surface area contributed by atoms with Gasteiger partial charge in [0.05, 0.1) is 4.70 Å². The predicted octanol–water partition coefficient (Wildman–Crippen LogP) is 2.67. The molecule has 0 N–H and O–H groups in total. The third kappa shape index (κ3) is 2.07. The zero-order valence-electron chi connectivity index (χ0n) is 8.61. The third-order valence-corrected chi connectivity index (χ3v) is 2.56. The molecule has 2 aromatic heterocycles. The highest BCUT2D eigenvalue weighted by Gasteiger charge is 2.12. The third-order valence-electron chi connectivity index (χ3n) is 1.90. The van der Waals surface area contributed by atoms with Gasteiger partial charge in [0.15, 0.2) is 5.65 Å². The van der Waals surface area contributed by atoms with Crippen molar-refractivity contribution in [3.63, 3.8) is 0 Å². The summed E-state index contributed by atoms with van der Waals surface area (Å²) in [5.41, 5.74) is 2.32. The van der Waals surface area contributed by atoms with Gasteiger partial charge in [-0.15, -0.1) is 5.10 Å². The van der Waals surface area contributed by atoms with Gasteiger partial charge in [0, 0.05) is 6.20 Å². The van der Waals surface area contributed by atoms with Crippen LogP contribution in [0.5, 0.6) is 0 Å². The minimum Gasteiger partial charge on any atom is -0.234 e. The summed E-state index contributed by atoms with van der Waals surface area (Å²) in [6.45, 7) is 6.67. The van der Waals surface area contributed by atoms with Gasteiger partial charge in [0.25, 0.3) is 0 Å². The second-order valence-corrected chi connectivity index (χ2v) is 5.46. The van der Waals surface area contributed by atoms with E-state index in [-0.39, 0.29) is 0 Å². The molecule has 3 nitrogen and oxygen atoms in total. The van der Waals surface area contributed by atoms with E-state index >= 15 is 0 Å². The highest BCUT2D eigenvalue weighted by atomic mass is 32.1. The molecule has 0 spiro atoms. The van der Waals surface area contributed by atoms with E-state index in [2.05, 4.69) is 41.4 Å². The minimum atomic E-state index is 0.299. The van der Waals surface area contributed by atoms with Crippen LogP contribution in [-0.2, 0) is 6.42 Å². The maximum absolute atomic E-state index is 4.26. The number of rotatable bonds is 1. The van der Waals surface area contributed by atoms with Crippen molar-refractivity contribution < 1.29 is 0 Å². The molecule has 0 aliphatic heterocycles. The lowest BCUT2D eigenvalue weighted by Crippen LogP contribution is -2.09. The molecule has 0 aliphatic carbocycles. The Morgan fingerprint density at radius 1 is 1.36 bits per heavy atom. The first kappa shape index (κ1) is 9.52. The van der Waals surface area contributed by atoms with Crippen molar-refractivity contribution >= 4 is 21.9 Å². The Hall–Kier alpha value is -1.03. The van der Waals surface area contributed by atoms with E-state index in [0.29, 0.717) is 5.41 Å². The largest absolute Gasteiger partial charge is 0.234 e. The average Bonchev–Trinajstić information content (AvgIpc) is 2.47. The second kappa shape index (κ2) is 3.28. The van der Waals surface area contributed by atoms with Crippen molar-refractivity contribution in [2.24, 2.45) is 5.41 Å². The lowest BCUT2D eigenvalue weighted by atomic mass is 9.89. The van der Waals surface area contributed by atoms with Gasteiger partial charge in [-0.3, -0.25) is 0 Å². The highest BCUT2D eigenvalue weighted by molar-refractivity contribution is 7.12. The summed E-state index contributed by atoms with van der Waals surface area (Å²) in [4.78, 5) is 4.26. The van der Waals surface area contributed by atoms with Crippen LogP contribution >= 0.6 is 11.5 Å². The van der Waals surface area contributed by atoms with E-state index in [0.717, 1.165) is 16.8 Å². The zero-order valence-corrected chi connectivity index (χ0v) is 9.43. The van der Waals surface area contributed by atoms with Crippen LogP contribution in [0.15, 0.2) is 12.3 Å². The summed E-state index contributed by atoms with van der Waals surface area (Å²) < 4.78 is 4.94. The van der Waals surface area contributed by atoms with Crippen molar-refractivity contribution in [1.82, 2.24) is 14.6 Å². The molecule has 0 unspecified atom stereocenters. The summed E-state index contributed by atoms with van der Waals surface area (Å²) in [5, 5.41) is 3.91. The van der Waals surface area contributed by atoms with E-state index in [1.54, 1.807) is 0 Å². The fourth-order valence-corrected chi connectivity index (χ4v) is 2.02. The molecular weight excluding hydrogens is 194 g/mol. The van der Waals surface area contributed by atoms with Crippen molar-refractivity contribution in [3.8, 4) is 0 Å². The van der Waals surface area contributed by atoms with E-state index < -0.39 is 0 Å². The van der Waals surface area contributed by atoms with Gasteiger partial charge in [0.1, 0.15) is 0 Å². The summed E-state index contributed by atoms with van der Waals surface area (Å²) in [6.07, 6.45) is 2.93. The number of pyridine rings is 1. The monoisotopic (exact) mass is 207 g/mol. The topological polar surface area (TPSA) is 38.7 Å². The van der Waals surface area contributed by atoms with Gasteiger partial charge in [-0.05, 0) is 35.0 Å². The molecule has 0 amide bonds. The molecule has 0 aromatic carbocycles. The van der Waals surface area contributed by atoms with Crippen LogP contribution in [0.2, 0.25) is 0 Å². The predicted molar refractivity (Wildman–Crippen MR) is 58.4 cm³/mol. The first-order chi connectivity index (χ1) is 6.54. The lowest BCUT2D eigenvalue weighted by molar-refractivity contribution is 0.411.